The summed E-state index contributed by atoms with van der Waals surface area (Å²) in [4.78, 5) is 6.58. The second kappa shape index (κ2) is 4.69. The maximum atomic E-state index is 4.15. The first kappa shape index (κ1) is 9.84. The number of hydrogen-bond donors (Lipinski definition) is 0. The van der Waals surface area contributed by atoms with Crippen molar-refractivity contribution >= 4 is 17.4 Å². The molecule has 0 unspecified atom stereocenters. The van der Waals surface area contributed by atoms with Gasteiger partial charge in [-0.05, 0) is 31.2 Å². The van der Waals surface area contributed by atoms with Crippen molar-refractivity contribution in [2.75, 3.05) is 24.2 Å². The molecule has 1 aliphatic rings. The minimum Gasteiger partial charge on any atom is -0.370 e. The first-order chi connectivity index (χ1) is 6.90. The van der Waals surface area contributed by atoms with Crippen LogP contribution in [0, 0.1) is 0 Å². The highest BCUT2D eigenvalue weighted by molar-refractivity contribution is 7.99. The van der Waals surface area contributed by atoms with Crippen molar-refractivity contribution in [2.24, 2.45) is 0 Å². The summed E-state index contributed by atoms with van der Waals surface area (Å²) < 4.78 is 0. The van der Waals surface area contributed by atoms with E-state index in [1.807, 2.05) is 30.2 Å². The molecule has 2 rings (SSSR count). The number of thioether (sulfide) groups is 1. The molecule has 0 N–H and O–H groups in total. The molecule has 1 aliphatic heterocycles. The van der Waals surface area contributed by atoms with E-state index >= 15 is 0 Å². The first-order valence-corrected chi connectivity index (χ1v) is 6.36. The lowest BCUT2D eigenvalue weighted by molar-refractivity contribution is 0.591. The number of piperidine rings is 1. The first-order valence-electron chi connectivity index (χ1n) is 5.08. The average Bonchev–Trinajstić information content (AvgIpc) is 2.30. The molecule has 76 valence electrons. The molecule has 0 aliphatic carbocycles. The molecule has 0 amide bonds. The lowest BCUT2D eigenvalue weighted by Gasteiger charge is -2.32. The fourth-order valence-electron chi connectivity index (χ4n) is 1.89. The van der Waals surface area contributed by atoms with E-state index in [2.05, 4.69) is 22.2 Å². The van der Waals surface area contributed by atoms with Crippen LogP contribution in [0.1, 0.15) is 12.8 Å². The van der Waals surface area contributed by atoms with E-state index in [9.17, 15) is 0 Å². The molecular weight excluding hydrogens is 192 g/mol. The summed E-state index contributed by atoms with van der Waals surface area (Å²) >= 11 is 2.00. The zero-order chi connectivity index (χ0) is 9.80. The second-order valence-electron chi connectivity index (χ2n) is 3.63. The monoisotopic (exact) mass is 208 g/mol. The van der Waals surface area contributed by atoms with E-state index in [0.29, 0.717) is 0 Å². The molecule has 2 nitrogen and oxygen atoms in total. The van der Waals surface area contributed by atoms with E-state index in [0.717, 1.165) is 5.25 Å². The highest BCUT2D eigenvalue weighted by Gasteiger charge is 2.18. The molecule has 2 heterocycles. The largest absolute Gasteiger partial charge is 0.370 e. The summed E-state index contributed by atoms with van der Waals surface area (Å²) in [6.07, 6.45) is 8.61. The number of rotatable bonds is 2. The van der Waals surface area contributed by atoms with Gasteiger partial charge >= 0.3 is 0 Å². The number of nitrogens with zero attached hydrogens (tertiary/aromatic N) is 2. The molecule has 3 heteroatoms. The summed E-state index contributed by atoms with van der Waals surface area (Å²) in [6.45, 7) is 2.36. The number of anilines is 1. The predicted octanol–water partition coefficient (Wildman–Crippen LogP) is 2.41. The Bertz CT molecular complexity index is 268. The Kier molecular flexibility index (Phi) is 3.30. The van der Waals surface area contributed by atoms with Crippen molar-refractivity contribution in [3.63, 3.8) is 0 Å². The van der Waals surface area contributed by atoms with Gasteiger partial charge in [-0.2, -0.15) is 11.8 Å². The summed E-state index contributed by atoms with van der Waals surface area (Å²) in [5, 5.41) is 0.864. The third kappa shape index (κ3) is 2.21. The Hall–Kier alpha value is -0.700. The Morgan fingerprint density at radius 1 is 1.43 bits per heavy atom. The standard InChI is InChI=1S/C11H16N2S/c1-14-11-4-7-13(8-5-11)10-3-2-6-12-9-10/h2-3,6,9,11H,4-5,7-8H2,1H3. The maximum absolute atomic E-state index is 4.15. The molecule has 0 saturated carbocycles. The normalized spacial score (nSPS) is 18.5. The van der Waals surface area contributed by atoms with Gasteiger partial charge in [-0.3, -0.25) is 4.98 Å². The molecule has 0 radical (unpaired) electrons. The summed E-state index contributed by atoms with van der Waals surface area (Å²) in [6, 6.07) is 4.16. The van der Waals surface area contributed by atoms with Gasteiger partial charge in [-0.1, -0.05) is 0 Å². The third-order valence-electron chi connectivity index (χ3n) is 2.79. The highest BCUT2D eigenvalue weighted by atomic mass is 32.2. The minimum atomic E-state index is 0.864. The molecule has 1 saturated heterocycles. The molecule has 0 spiro atoms. The van der Waals surface area contributed by atoms with Gasteiger partial charge in [0.1, 0.15) is 0 Å². The van der Waals surface area contributed by atoms with Crippen molar-refractivity contribution in [3.05, 3.63) is 24.5 Å². The van der Waals surface area contributed by atoms with Crippen LogP contribution in [-0.4, -0.2) is 29.6 Å². The Balaban J connectivity index is 1.96. The van der Waals surface area contributed by atoms with Gasteiger partial charge in [0.25, 0.3) is 0 Å². The molecule has 0 bridgehead atoms. The van der Waals surface area contributed by atoms with E-state index in [-0.39, 0.29) is 0 Å². The molecule has 1 aromatic heterocycles. The van der Waals surface area contributed by atoms with Crippen LogP contribution in [0.2, 0.25) is 0 Å². The van der Waals surface area contributed by atoms with Gasteiger partial charge < -0.3 is 4.90 Å². The van der Waals surface area contributed by atoms with Crippen LogP contribution in [0.25, 0.3) is 0 Å². The summed E-state index contributed by atoms with van der Waals surface area (Å²) in [5.41, 5.74) is 1.27. The fourth-order valence-corrected chi connectivity index (χ4v) is 2.57. The number of hydrogen-bond acceptors (Lipinski definition) is 3. The van der Waals surface area contributed by atoms with E-state index in [4.69, 9.17) is 0 Å². The van der Waals surface area contributed by atoms with Gasteiger partial charge in [0.2, 0.25) is 0 Å². The fraction of sp³-hybridized carbons (Fsp3) is 0.545. The molecular formula is C11H16N2S. The van der Waals surface area contributed by atoms with Gasteiger partial charge in [0, 0.05) is 24.5 Å². The average molecular weight is 208 g/mol. The smallest absolute Gasteiger partial charge is 0.0552 e. The van der Waals surface area contributed by atoms with Crippen LogP contribution in [0.3, 0.4) is 0 Å². The van der Waals surface area contributed by atoms with Crippen LogP contribution in [-0.2, 0) is 0 Å². The van der Waals surface area contributed by atoms with Gasteiger partial charge in [0.05, 0.1) is 11.9 Å². The van der Waals surface area contributed by atoms with Gasteiger partial charge in [-0.25, -0.2) is 0 Å². The number of aromatic nitrogens is 1. The van der Waals surface area contributed by atoms with Gasteiger partial charge in [-0.15, -0.1) is 0 Å². The Labute approximate surface area is 89.7 Å². The summed E-state index contributed by atoms with van der Waals surface area (Å²) in [5.74, 6) is 0. The maximum Gasteiger partial charge on any atom is 0.0552 e. The van der Waals surface area contributed by atoms with Crippen molar-refractivity contribution in [3.8, 4) is 0 Å². The van der Waals surface area contributed by atoms with Crippen LogP contribution in [0.4, 0.5) is 5.69 Å². The Morgan fingerprint density at radius 3 is 2.79 bits per heavy atom. The van der Waals surface area contributed by atoms with Crippen LogP contribution in [0.15, 0.2) is 24.5 Å². The summed E-state index contributed by atoms with van der Waals surface area (Å²) in [7, 11) is 0. The van der Waals surface area contributed by atoms with Crippen LogP contribution < -0.4 is 4.90 Å². The van der Waals surface area contributed by atoms with Crippen molar-refractivity contribution in [1.29, 1.82) is 0 Å². The Morgan fingerprint density at radius 2 is 2.21 bits per heavy atom. The van der Waals surface area contributed by atoms with Crippen LogP contribution >= 0.6 is 11.8 Å². The lowest BCUT2D eigenvalue weighted by atomic mass is 10.1. The zero-order valence-electron chi connectivity index (χ0n) is 8.52. The van der Waals surface area contributed by atoms with Crippen LogP contribution in [0.5, 0.6) is 0 Å². The van der Waals surface area contributed by atoms with E-state index < -0.39 is 0 Å². The molecule has 0 atom stereocenters. The highest BCUT2D eigenvalue weighted by Crippen LogP contribution is 2.24. The number of pyridine rings is 1. The second-order valence-corrected chi connectivity index (χ2v) is 4.77. The van der Waals surface area contributed by atoms with Crippen molar-refractivity contribution in [2.45, 2.75) is 18.1 Å². The van der Waals surface area contributed by atoms with Gasteiger partial charge in [0.15, 0.2) is 0 Å². The topological polar surface area (TPSA) is 16.1 Å². The quantitative estimate of drug-likeness (QED) is 0.742. The molecule has 1 aromatic rings. The predicted molar refractivity (Wildman–Crippen MR) is 63.0 cm³/mol. The van der Waals surface area contributed by atoms with Crippen molar-refractivity contribution in [1.82, 2.24) is 4.98 Å². The SMILES string of the molecule is CSC1CCN(c2cccnc2)CC1. The minimum absolute atomic E-state index is 0.864. The molecule has 14 heavy (non-hydrogen) atoms. The third-order valence-corrected chi connectivity index (χ3v) is 3.92. The lowest BCUT2D eigenvalue weighted by Crippen LogP contribution is -2.34. The van der Waals surface area contributed by atoms with E-state index in [1.165, 1.54) is 31.6 Å². The van der Waals surface area contributed by atoms with Crippen molar-refractivity contribution < 1.29 is 0 Å². The van der Waals surface area contributed by atoms with E-state index in [1.54, 1.807) is 0 Å². The molecule has 1 fully saturated rings. The molecule has 0 aromatic carbocycles. The zero-order valence-corrected chi connectivity index (χ0v) is 9.33.